The lowest BCUT2D eigenvalue weighted by Crippen LogP contribution is -2.33. The van der Waals surface area contributed by atoms with Crippen molar-refractivity contribution >= 4 is 44.3 Å². The molecule has 0 bridgehead atoms. The third-order valence-corrected chi connectivity index (χ3v) is 5.30. The molecule has 30 heavy (non-hydrogen) atoms. The number of benzene rings is 2. The molecule has 4 rings (SSSR count). The van der Waals surface area contributed by atoms with Crippen molar-refractivity contribution in [2.75, 3.05) is 6.54 Å². The molecular formula is C20H15N3O6S. The van der Waals surface area contributed by atoms with E-state index < -0.39 is 35.3 Å². The van der Waals surface area contributed by atoms with Crippen LogP contribution in [-0.2, 0) is 11.4 Å². The number of thiazole rings is 1. The number of aliphatic carboxylic acids is 1. The van der Waals surface area contributed by atoms with Crippen molar-refractivity contribution in [2.45, 2.75) is 6.61 Å². The number of H-pyrrole nitrogens is 1. The number of hydrogen-bond donors (Lipinski definition) is 4. The number of carbonyl (C=O) groups excluding carboxylic acids is 1. The number of nitrogens with zero attached hydrogens (tertiary/aromatic N) is 1. The Bertz CT molecular complexity index is 1310. The second-order valence-electron chi connectivity index (χ2n) is 6.33. The van der Waals surface area contributed by atoms with Crippen LogP contribution >= 0.6 is 11.3 Å². The van der Waals surface area contributed by atoms with Crippen molar-refractivity contribution in [1.29, 1.82) is 0 Å². The molecule has 0 aliphatic carbocycles. The van der Waals surface area contributed by atoms with E-state index in [-0.39, 0.29) is 17.5 Å². The molecule has 10 heteroatoms. The topological polar surface area (TPSA) is 142 Å². The molecule has 1 amide bonds. The van der Waals surface area contributed by atoms with Gasteiger partial charge in [-0.05, 0) is 24.3 Å². The van der Waals surface area contributed by atoms with Crippen molar-refractivity contribution in [3.8, 4) is 11.5 Å². The van der Waals surface area contributed by atoms with Gasteiger partial charge in [0.05, 0.1) is 15.7 Å². The molecule has 0 unspecified atom stereocenters. The Hall–Kier alpha value is -3.92. The summed E-state index contributed by atoms with van der Waals surface area (Å²) in [6, 6.07) is 12.4. The lowest BCUT2D eigenvalue weighted by atomic mass is 10.1. The summed E-state index contributed by atoms with van der Waals surface area (Å²) in [5.41, 5.74) is -0.227. The summed E-state index contributed by atoms with van der Waals surface area (Å²) < 4.78 is 6.81. The predicted octanol–water partition coefficient (Wildman–Crippen LogP) is 2.24. The molecule has 4 N–H and O–H groups in total. The van der Waals surface area contributed by atoms with Crippen LogP contribution < -0.4 is 15.6 Å². The van der Waals surface area contributed by atoms with Crippen LogP contribution in [0, 0.1) is 0 Å². The fourth-order valence-electron chi connectivity index (χ4n) is 2.93. The SMILES string of the molecule is O=C(O)CNC(=O)c1c(O)c2ccc(OCc3nc4ccccc4s3)cc2[nH]c1=O. The van der Waals surface area contributed by atoms with E-state index >= 15 is 0 Å². The van der Waals surface area contributed by atoms with E-state index in [4.69, 9.17) is 9.84 Å². The van der Waals surface area contributed by atoms with E-state index in [0.29, 0.717) is 5.75 Å². The maximum atomic E-state index is 12.3. The first-order valence-corrected chi connectivity index (χ1v) is 9.60. The van der Waals surface area contributed by atoms with Gasteiger partial charge in [-0.2, -0.15) is 0 Å². The highest BCUT2D eigenvalue weighted by molar-refractivity contribution is 7.18. The smallest absolute Gasteiger partial charge is 0.322 e. The maximum absolute atomic E-state index is 12.3. The molecule has 0 radical (unpaired) electrons. The molecule has 2 aromatic heterocycles. The molecule has 0 saturated carbocycles. The van der Waals surface area contributed by atoms with E-state index in [1.54, 1.807) is 6.07 Å². The van der Waals surface area contributed by atoms with Crippen LogP contribution in [0.4, 0.5) is 0 Å². The largest absolute Gasteiger partial charge is 0.506 e. The first kappa shape index (κ1) is 19.4. The lowest BCUT2D eigenvalue weighted by molar-refractivity contribution is -0.135. The van der Waals surface area contributed by atoms with Gasteiger partial charge in [-0.25, -0.2) is 4.98 Å². The van der Waals surface area contributed by atoms with Gasteiger partial charge in [-0.15, -0.1) is 11.3 Å². The van der Waals surface area contributed by atoms with Crippen LogP contribution in [-0.4, -0.2) is 38.6 Å². The van der Waals surface area contributed by atoms with E-state index in [0.717, 1.165) is 15.2 Å². The Morgan fingerprint density at radius 3 is 2.77 bits per heavy atom. The minimum atomic E-state index is -1.27. The summed E-state index contributed by atoms with van der Waals surface area (Å²) in [5, 5.41) is 22.1. The van der Waals surface area contributed by atoms with Crippen molar-refractivity contribution in [2.24, 2.45) is 0 Å². The second kappa shape index (κ2) is 7.84. The van der Waals surface area contributed by atoms with Crippen LogP contribution in [0.2, 0.25) is 0 Å². The monoisotopic (exact) mass is 425 g/mol. The number of amides is 1. The zero-order chi connectivity index (χ0) is 21.3. The first-order valence-electron chi connectivity index (χ1n) is 8.78. The molecule has 152 valence electrons. The molecule has 0 aliphatic heterocycles. The highest BCUT2D eigenvalue weighted by Gasteiger charge is 2.20. The van der Waals surface area contributed by atoms with Gasteiger partial charge < -0.3 is 25.3 Å². The number of fused-ring (bicyclic) bond motifs is 2. The Labute approximate surface area is 172 Å². The van der Waals surface area contributed by atoms with Crippen molar-refractivity contribution in [3.63, 3.8) is 0 Å². The third kappa shape index (κ3) is 3.80. The molecule has 0 saturated heterocycles. The van der Waals surface area contributed by atoms with Gasteiger partial charge in [0.1, 0.15) is 35.2 Å². The number of aromatic hydroxyl groups is 1. The van der Waals surface area contributed by atoms with Crippen molar-refractivity contribution in [3.05, 3.63) is 63.4 Å². The van der Waals surface area contributed by atoms with E-state index in [1.165, 1.54) is 23.5 Å². The number of rotatable bonds is 6. The standard InChI is InChI=1S/C20H15N3O6S/c24-16(25)8-21-19(27)17-18(26)11-6-5-10(7-13(11)23-20(17)28)29-9-15-22-12-3-1-2-4-14(12)30-15/h1-7H,8-9H2,(H,21,27)(H,24,25)(H2,23,26,28). The molecule has 4 aromatic rings. The molecule has 0 fully saturated rings. The minimum absolute atomic E-state index is 0.224. The average molecular weight is 425 g/mol. The Morgan fingerprint density at radius 1 is 1.20 bits per heavy atom. The number of nitrogens with one attached hydrogen (secondary N) is 2. The molecule has 2 heterocycles. The molecule has 0 spiro atoms. The quantitative estimate of drug-likeness (QED) is 0.371. The van der Waals surface area contributed by atoms with E-state index in [2.05, 4.69) is 15.3 Å². The summed E-state index contributed by atoms with van der Waals surface area (Å²) in [5.74, 6) is -2.33. The molecular weight excluding hydrogens is 410 g/mol. The summed E-state index contributed by atoms with van der Waals surface area (Å²) in [7, 11) is 0. The minimum Gasteiger partial charge on any atom is -0.506 e. The summed E-state index contributed by atoms with van der Waals surface area (Å²) in [4.78, 5) is 41.9. The summed E-state index contributed by atoms with van der Waals surface area (Å²) in [6.45, 7) is -0.439. The van der Waals surface area contributed by atoms with Gasteiger partial charge in [-0.3, -0.25) is 14.4 Å². The van der Waals surface area contributed by atoms with Crippen molar-refractivity contribution < 1.29 is 24.5 Å². The number of hydrogen-bond acceptors (Lipinski definition) is 7. The number of pyridine rings is 1. The fraction of sp³-hybridized carbons (Fsp3) is 0.100. The first-order chi connectivity index (χ1) is 14.4. The Morgan fingerprint density at radius 2 is 2.00 bits per heavy atom. The fourth-order valence-corrected chi connectivity index (χ4v) is 3.81. The molecule has 0 atom stereocenters. The summed E-state index contributed by atoms with van der Waals surface area (Å²) >= 11 is 1.52. The highest BCUT2D eigenvalue weighted by atomic mass is 32.1. The number of para-hydroxylation sites is 1. The van der Waals surface area contributed by atoms with Crippen LogP contribution in [0.1, 0.15) is 15.4 Å². The molecule has 9 nitrogen and oxygen atoms in total. The van der Waals surface area contributed by atoms with Gasteiger partial charge in [0.2, 0.25) is 0 Å². The van der Waals surface area contributed by atoms with E-state index in [1.807, 2.05) is 24.3 Å². The second-order valence-corrected chi connectivity index (χ2v) is 7.44. The van der Waals surface area contributed by atoms with Gasteiger partial charge in [0.15, 0.2) is 0 Å². The summed E-state index contributed by atoms with van der Waals surface area (Å²) in [6.07, 6.45) is 0. The molecule has 2 aromatic carbocycles. The zero-order valence-electron chi connectivity index (χ0n) is 15.3. The number of ether oxygens (including phenoxy) is 1. The average Bonchev–Trinajstić information content (AvgIpc) is 3.13. The van der Waals surface area contributed by atoms with E-state index in [9.17, 15) is 19.5 Å². The van der Waals surface area contributed by atoms with Gasteiger partial charge in [0, 0.05) is 11.5 Å². The maximum Gasteiger partial charge on any atom is 0.322 e. The third-order valence-electron chi connectivity index (χ3n) is 4.29. The van der Waals surface area contributed by atoms with Gasteiger partial charge in [-0.1, -0.05) is 12.1 Å². The number of carboxylic acids is 1. The van der Waals surface area contributed by atoms with Crippen LogP contribution in [0.25, 0.3) is 21.1 Å². The van der Waals surface area contributed by atoms with Crippen LogP contribution in [0.15, 0.2) is 47.3 Å². The Kier molecular flexibility index (Phi) is 5.07. The van der Waals surface area contributed by atoms with Gasteiger partial charge in [0.25, 0.3) is 11.5 Å². The number of aromatic nitrogens is 2. The van der Waals surface area contributed by atoms with Gasteiger partial charge >= 0.3 is 5.97 Å². The predicted molar refractivity (Wildman–Crippen MR) is 110 cm³/mol. The number of carbonyl (C=O) groups is 2. The number of aromatic amines is 1. The molecule has 0 aliphatic rings. The van der Waals surface area contributed by atoms with Crippen LogP contribution in [0.3, 0.4) is 0 Å². The highest BCUT2D eigenvalue weighted by Crippen LogP contribution is 2.29. The Balaban J connectivity index is 1.58. The zero-order valence-corrected chi connectivity index (χ0v) is 16.2. The van der Waals surface area contributed by atoms with Crippen LogP contribution in [0.5, 0.6) is 11.5 Å². The number of carboxylic acid groups (broad SMARTS) is 1. The normalized spacial score (nSPS) is 10.9. The van der Waals surface area contributed by atoms with Crippen molar-refractivity contribution in [1.82, 2.24) is 15.3 Å². The lowest BCUT2D eigenvalue weighted by Gasteiger charge is -2.09.